The molecule has 0 radical (unpaired) electrons. The second kappa shape index (κ2) is 9.57. The van der Waals surface area contributed by atoms with Crippen molar-refractivity contribution in [3.63, 3.8) is 0 Å². The van der Waals surface area contributed by atoms with E-state index < -0.39 is 0 Å². The Morgan fingerprint density at radius 3 is 2.42 bits per heavy atom. The van der Waals surface area contributed by atoms with E-state index in [-0.39, 0.29) is 5.43 Å². The highest BCUT2D eigenvalue weighted by Crippen LogP contribution is 2.26. The third-order valence-corrected chi connectivity index (χ3v) is 6.71. The molecule has 0 spiro atoms. The Kier molecular flexibility index (Phi) is 6.62. The van der Waals surface area contributed by atoms with Crippen molar-refractivity contribution in [3.05, 3.63) is 99.8 Å². The number of hydrogen-bond acceptors (Lipinski definition) is 2. The van der Waals surface area contributed by atoms with Gasteiger partial charge in [0.15, 0.2) is 5.43 Å². The van der Waals surface area contributed by atoms with E-state index in [0.29, 0.717) is 0 Å². The van der Waals surface area contributed by atoms with Crippen LogP contribution in [0.3, 0.4) is 0 Å². The summed E-state index contributed by atoms with van der Waals surface area (Å²) < 4.78 is 2.25. The molecule has 158 valence electrons. The van der Waals surface area contributed by atoms with E-state index in [9.17, 15) is 4.79 Å². The van der Waals surface area contributed by atoms with Crippen LogP contribution >= 0.6 is 11.8 Å². The van der Waals surface area contributed by atoms with Crippen molar-refractivity contribution in [2.75, 3.05) is 6.26 Å². The number of unbranched alkanes of at least 4 members (excludes halogenated alkanes) is 1. The number of nitrogens with zero attached hydrogens (tertiary/aromatic N) is 1. The van der Waals surface area contributed by atoms with Gasteiger partial charge in [-0.2, -0.15) is 0 Å². The lowest BCUT2D eigenvalue weighted by Crippen LogP contribution is -2.16. The van der Waals surface area contributed by atoms with Crippen molar-refractivity contribution in [1.82, 2.24) is 4.57 Å². The van der Waals surface area contributed by atoms with Gasteiger partial charge in [0, 0.05) is 23.2 Å². The van der Waals surface area contributed by atoms with Gasteiger partial charge < -0.3 is 4.57 Å². The molecular formula is C28H29NOS. The predicted octanol–water partition coefficient (Wildman–Crippen LogP) is 7.09. The zero-order valence-electron chi connectivity index (χ0n) is 18.5. The number of fused-ring (bicyclic) bond motifs is 1. The van der Waals surface area contributed by atoms with Crippen LogP contribution in [-0.2, 0) is 13.0 Å². The zero-order chi connectivity index (χ0) is 21.8. The molecule has 2 nitrogen and oxygen atoms in total. The summed E-state index contributed by atoms with van der Waals surface area (Å²) >= 11 is 1.65. The molecule has 0 amide bonds. The first-order valence-electron chi connectivity index (χ1n) is 11.0. The molecule has 0 bridgehead atoms. The van der Waals surface area contributed by atoms with Gasteiger partial charge in [-0.3, -0.25) is 4.79 Å². The lowest BCUT2D eigenvalue weighted by atomic mass is 9.99. The van der Waals surface area contributed by atoms with Crippen molar-refractivity contribution in [2.45, 2.75) is 44.6 Å². The normalized spacial score (nSPS) is 11.2. The van der Waals surface area contributed by atoms with Crippen LogP contribution in [0.5, 0.6) is 0 Å². The van der Waals surface area contributed by atoms with Crippen molar-refractivity contribution in [1.29, 1.82) is 0 Å². The molecule has 4 rings (SSSR count). The molecule has 1 aromatic heterocycles. The third-order valence-electron chi connectivity index (χ3n) is 5.93. The molecule has 4 aromatic rings. The predicted molar refractivity (Wildman–Crippen MR) is 134 cm³/mol. The van der Waals surface area contributed by atoms with Crippen LogP contribution in [0.4, 0.5) is 0 Å². The number of rotatable bonds is 7. The smallest absolute Gasteiger partial charge is 0.193 e. The fourth-order valence-corrected chi connectivity index (χ4v) is 4.81. The molecule has 0 saturated carbocycles. The summed E-state index contributed by atoms with van der Waals surface area (Å²) in [6, 6.07) is 23.5. The van der Waals surface area contributed by atoms with E-state index in [1.54, 1.807) is 11.8 Å². The number of thioether (sulfide) groups is 1. The third kappa shape index (κ3) is 4.47. The number of pyridine rings is 1. The first-order valence-corrected chi connectivity index (χ1v) is 12.2. The molecule has 0 fully saturated rings. The number of aryl methyl sites for hydroxylation is 2. The van der Waals surface area contributed by atoms with Crippen molar-refractivity contribution >= 4 is 22.7 Å². The standard InChI is InChI=1S/C28H29NOS/c1-4-5-10-23-19-29(25-12-8-13-26(31-3)27(25)28(23)30)18-21-14-16-22(17-15-21)24-11-7-6-9-20(24)2/h6-9,11-17,19H,4-5,10,18H2,1-3H3. The van der Waals surface area contributed by atoms with Crippen LogP contribution in [0.2, 0.25) is 0 Å². The van der Waals surface area contributed by atoms with Gasteiger partial charge in [-0.1, -0.05) is 67.9 Å². The van der Waals surface area contributed by atoms with E-state index >= 15 is 0 Å². The summed E-state index contributed by atoms with van der Waals surface area (Å²) in [7, 11) is 0. The van der Waals surface area contributed by atoms with Crippen LogP contribution in [0.1, 0.15) is 36.5 Å². The van der Waals surface area contributed by atoms with Crippen LogP contribution in [-0.4, -0.2) is 10.8 Å². The van der Waals surface area contributed by atoms with Gasteiger partial charge in [-0.25, -0.2) is 0 Å². The van der Waals surface area contributed by atoms with E-state index in [0.717, 1.165) is 47.2 Å². The molecular weight excluding hydrogens is 398 g/mol. The Hall–Kier alpha value is -2.78. The quantitative estimate of drug-likeness (QED) is 0.294. The van der Waals surface area contributed by atoms with Crippen molar-refractivity contribution in [2.24, 2.45) is 0 Å². The molecule has 0 aliphatic heterocycles. The number of hydrogen-bond donors (Lipinski definition) is 0. The molecule has 3 aromatic carbocycles. The molecule has 0 atom stereocenters. The average Bonchev–Trinajstić information content (AvgIpc) is 2.80. The first kappa shape index (κ1) is 21.5. The highest BCUT2D eigenvalue weighted by molar-refractivity contribution is 7.98. The molecule has 0 N–H and O–H groups in total. The highest BCUT2D eigenvalue weighted by atomic mass is 32.2. The van der Waals surface area contributed by atoms with E-state index in [2.05, 4.69) is 91.3 Å². The Bertz CT molecular complexity index is 1250. The van der Waals surface area contributed by atoms with Crippen molar-refractivity contribution in [3.8, 4) is 11.1 Å². The van der Waals surface area contributed by atoms with Crippen LogP contribution in [0, 0.1) is 6.92 Å². The second-order valence-corrected chi connectivity index (χ2v) is 8.93. The van der Waals surface area contributed by atoms with Crippen molar-refractivity contribution < 1.29 is 0 Å². The SMILES string of the molecule is CCCCc1cn(Cc2ccc(-c3ccccc3C)cc2)c2cccc(SC)c2c1=O. The molecule has 0 aliphatic rings. The minimum atomic E-state index is 0.194. The number of benzene rings is 3. The largest absolute Gasteiger partial charge is 0.343 e. The molecule has 31 heavy (non-hydrogen) atoms. The Balaban J connectivity index is 1.75. The van der Waals surface area contributed by atoms with Crippen LogP contribution in [0.15, 0.2) is 82.6 Å². The minimum absolute atomic E-state index is 0.194. The Labute approximate surface area is 188 Å². The molecule has 3 heteroatoms. The lowest BCUT2D eigenvalue weighted by Gasteiger charge is -2.16. The summed E-state index contributed by atoms with van der Waals surface area (Å²) in [6.07, 6.45) is 7.08. The molecule has 0 aliphatic carbocycles. The minimum Gasteiger partial charge on any atom is -0.343 e. The summed E-state index contributed by atoms with van der Waals surface area (Å²) in [5, 5.41) is 0.861. The second-order valence-electron chi connectivity index (χ2n) is 8.08. The van der Waals surface area contributed by atoms with Gasteiger partial charge in [0.05, 0.1) is 10.9 Å². The van der Waals surface area contributed by atoms with Gasteiger partial charge in [0.2, 0.25) is 0 Å². The summed E-state index contributed by atoms with van der Waals surface area (Å²) in [5.41, 5.74) is 7.16. The van der Waals surface area contributed by atoms with Gasteiger partial charge in [-0.15, -0.1) is 11.8 Å². The van der Waals surface area contributed by atoms with E-state index in [1.807, 2.05) is 6.26 Å². The van der Waals surface area contributed by atoms with Crippen LogP contribution in [0.25, 0.3) is 22.0 Å². The van der Waals surface area contributed by atoms with Gasteiger partial charge in [-0.05, 0) is 60.4 Å². The average molecular weight is 428 g/mol. The van der Waals surface area contributed by atoms with E-state index in [1.165, 1.54) is 22.3 Å². The molecule has 0 unspecified atom stereocenters. The number of aromatic nitrogens is 1. The maximum Gasteiger partial charge on any atom is 0.193 e. The zero-order valence-corrected chi connectivity index (χ0v) is 19.3. The van der Waals surface area contributed by atoms with E-state index in [4.69, 9.17) is 0 Å². The topological polar surface area (TPSA) is 22.0 Å². The Morgan fingerprint density at radius 2 is 1.71 bits per heavy atom. The Morgan fingerprint density at radius 1 is 0.935 bits per heavy atom. The fourth-order valence-electron chi connectivity index (χ4n) is 4.19. The summed E-state index contributed by atoms with van der Waals surface area (Å²) in [4.78, 5) is 14.3. The summed E-state index contributed by atoms with van der Waals surface area (Å²) in [5.74, 6) is 0. The van der Waals surface area contributed by atoms with Gasteiger partial charge in [0.1, 0.15) is 0 Å². The van der Waals surface area contributed by atoms with Gasteiger partial charge in [0.25, 0.3) is 0 Å². The summed E-state index contributed by atoms with van der Waals surface area (Å²) in [6.45, 7) is 5.07. The van der Waals surface area contributed by atoms with Gasteiger partial charge >= 0.3 is 0 Å². The first-order chi connectivity index (χ1) is 15.1. The molecule has 1 heterocycles. The fraction of sp³-hybridized carbons (Fsp3) is 0.250. The maximum atomic E-state index is 13.2. The molecule has 0 saturated heterocycles. The van der Waals surface area contributed by atoms with Crippen LogP contribution < -0.4 is 5.43 Å². The maximum absolute atomic E-state index is 13.2. The highest BCUT2D eigenvalue weighted by Gasteiger charge is 2.13. The lowest BCUT2D eigenvalue weighted by molar-refractivity contribution is 0.763. The monoisotopic (exact) mass is 427 g/mol.